The maximum absolute atomic E-state index is 13.2. The molecule has 0 heterocycles. The largest absolute Gasteiger partial charge is 0.311 e. The topological polar surface area (TPSA) is 12.0 Å². The fourth-order valence-corrected chi connectivity index (χ4v) is 1.78. The molecule has 1 aliphatic rings. The van der Waals surface area contributed by atoms with Crippen LogP contribution in [0.2, 0.25) is 0 Å². The van der Waals surface area contributed by atoms with E-state index in [1.165, 1.54) is 19.3 Å². The second kappa shape index (κ2) is 5.52. The first kappa shape index (κ1) is 9.97. The van der Waals surface area contributed by atoms with Crippen molar-refractivity contribution in [1.82, 2.24) is 5.32 Å². The standard InChI is InChI=1S/C10H20FN/c1-2-3-8-12-10-7-5-4-6-9(10)11/h9-10,12H,2-8H2,1H3/t9-,10-/m1/s1. The Bertz CT molecular complexity index is 116. The molecule has 0 bridgehead atoms. The molecule has 1 nitrogen and oxygen atoms in total. The van der Waals surface area contributed by atoms with Crippen LogP contribution in [0.5, 0.6) is 0 Å². The lowest BCUT2D eigenvalue weighted by Gasteiger charge is -2.26. The molecule has 1 N–H and O–H groups in total. The maximum Gasteiger partial charge on any atom is 0.115 e. The van der Waals surface area contributed by atoms with E-state index in [1.54, 1.807) is 0 Å². The van der Waals surface area contributed by atoms with Gasteiger partial charge >= 0.3 is 0 Å². The summed E-state index contributed by atoms with van der Waals surface area (Å²) in [5.41, 5.74) is 0. The molecule has 0 aliphatic heterocycles. The van der Waals surface area contributed by atoms with Crippen LogP contribution in [-0.4, -0.2) is 18.8 Å². The molecule has 72 valence electrons. The van der Waals surface area contributed by atoms with Crippen LogP contribution in [-0.2, 0) is 0 Å². The van der Waals surface area contributed by atoms with E-state index in [1.807, 2.05) is 0 Å². The van der Waals surface area contributed by atoms with Crippen LogP contribution in [0.15, 0.2) is 0 Å². The van der Waals surface area contributed by atoms with Crippen LogP contribution < -0.4 is 5.32 Å². The summed E-state index contributed by atoms with van der Waals surface area (Å²) in [6.45, 7) is 3.15. The van der Waals surface area contributed by atoms with Crippen LogP contribution >= 0.6 is 0 Å². The van der Waals surface area contributed by atoms with Crippen LogP contribution in [0.3, 0.4) is 0 Å². The summed E-state index contributed by atoms with van der Waals surface area (Å²) in [7, 11) is 0. The smallest absolute Gasteiger partial charge is 0.115 e. The van der Waals surface area contributed by atoms with Crippen molar-refractivity contribution in [3.8, 4) is 0 Å². The molecular weight excluding hydrogens is 153 g/mol. The lowest BCUT2D eigenvalue weighted by atomic mass is 9.93. The number of rotatable bonds is 4. The van der Waals surface area contributed by atoms with E-state index in [2.05, 4.69) is 12.2 Å². The van der Waals surface area contributed by atoms with E-state index >= 15 is 0 Å². The minimum absolute atomic E-state index is 0.158. The minimum atomic E-state index is -0.587. The highest BCUT2D eigenvalue weighted by atomic mass is 19.1. The van der Waals surface area contributed by atoms with Crippen molar-refractivity contribution in [3.63, 3.8) is 0 Å². The van der Waals surface area contributed by atoms with Gasteiger partial charge in [0.1, 0.15) is 6.17 Å². The van der Waals surface area contributed by atoms with Crippen molar-refractivity contribution in [1.29, 1.82) is 0 Å². The van der Waals surface area contributed by atoms with Crippen molar-refractivity contribution in [2.24, 2.45) is 0 Å². The van der Waals surface area contributed by atoms with Gasteiger partial charge < -0.3 is 5.32 Å². The normalized spacial score (nSPS) is 30.5. The fourth-order valence-electron chi connectivity index (χ4n) is 1.78. The van der Waals surface area contributed by atoms with Crippen molar-refractivity contribution in [2.45, 2.75) is 57.7 Å². The lowest BCUT2D eigenvalue weighted by molar-refractivity contribution is 0.189. The van der Waals surface area contributed by atoms with Crippen molar-refractivity contribution in [2.75, 3.05) is 6.54 Å². The van der Waals surface area contributed by atoms with Gasteiger partial charge in [-0.1, -0.05) is 26.2 Å². The number of hydrogen-bond donors (Lipinski definition) is 1. The van der Waals surface area contributed by atoms with Crippen LogP contribution in [0, 0.1) is 0 Å². The molecule has 1 fully saturated rings. The zero-order valence-electron chi connectivity index (χ0n) is 7.98. The van der Waals surface area contributed by atoms with Gasteiger partial charge in [0.15, 0.2) is 0 Å². The van der Waals surface area contributed by atoms with Crippen molar-refractivity contribution < 1.29 is 4.39 Å². The molecule has 0 aromatic carbocycles. The highest BCUT2D eigenvalue weighted by Crippen LogP contribution is 2.20. The number of alkyl halides is 1. The predicted octanol–water partition coefficient (Wildman–Crippen LogP) is 2.66. The Hall–Kier alpha value is -0.110. The molecule has 0 radical (unpaired) electrons. The van der Waals surface area contributed by atoms with Crippen molar-refractivity contribution in [3.05, 3.63) is 0 Å². The summed E-state index contributed by atoms with van der Waals surface area (Å²) < 4.78 is 13.2. The number of halogens is 1. The average molecular weight is 173 g/mol. The average Bonchev–Trinajstić information content (AvgIpc) is 2.09. The molecule has 2 heteroatoms. The molecule has 12 heavy (non-hydrogen) atoms. The van der Waals surface area contributed by atoms with Gasteiger partial charge in [-0.25, -0.2) is 4.39 Å². The fraction of sp³-hybridized carbons (Fsp3) is 1.00. The molecule has 0 aromatic rings. The van der Waals surface area contributed by atoms with Crippen LogP contribution in [0.1, 0.15) is 45.4 Å². The van der Waals surface area contributed by atoms with Gasteiger partial charge in [0.2, 0.25) is 0 Å². The SMILES string of the molecule is CCCCN[C@@H]1CCCC[C@H]1F. The second-order valence-corrected chi connectivity index (χ2v) is 3.71. The Kier molecular flexibility index (Phi) is 4.59. The third-order valence-electron chi connectivity index (χ3n) is 2.62. The van der Waals surface area contributed by atoms with E-state index in [0.29, 0.717) is 0 Å². The van der Waals surface area contributed by atoms with Crippen LogP contribution in [0.25, 0.3) is 0 Å². The molecule has 1 saturated carbocycles. The molecule has 0 unspecified atom stereocenters. The zero-order valence-corrected chi connectivity index (χ0v) is 7.98. The Morgan fingerprint density at radius 1 is 1.33 bits per heavy atom. The Morgan fingerprint density at radius 2 is 2.08 bits per heavy atom. The third-order valence-corrected chi connectivity index (χ3v) is 2.62. The molecule has 0 saturated heterocycles. The molecule has 0 aromatic heterocycles. The van der Waals surface area contributed by atoms with E-state index in [-0.39, 0.29) is 6.04 Å². The first-order valence-corrected chi connectivity index (χ1v) is 5.22. The second-order valence-electron chi connectivity index (χ2n) is 3.71. The Balaban J connectivity index is 2.11. The van der Waals surface area contributed by atoms with Gasteiger partial charge in [0.25, 0.3) is 0 Å². The first-order chi connectivity index (χ1) is 5.84. The summed E-state index contributed by atoms with van der Waals surface area (Å²) >= 11 is 0. The van der Waals surface area contributed by atoms with Gasteiger partial charge in [-0.15, -0.1) is 0 Å². The van der Waals surface area contributed by atoms with E-state index in [9.17, 15) is 4.39 Å². The van der Waals surface area contributed by atoms with Gasteiger partial charge in [0, 0.05) is 6.04 Å². The molecular formula is C10H20FN. The van der Waals surface area contributed by atoms with Crippen molar-refractivity contribution >= 4 is 0 Å². The zero-order chi connectivity index (χ0) is 8.81. The minimum Gasteiger partial charge on any atom is -0.311 e. The summed E-state index contributed by atoms with van der Waals surface area (Å²) in [5, 5.41) is 3.30. The number of unbranched alkanes of at least 4 members (excludes halogenated alkanes) is 1. The first-order valence-electron chi connectivity index (χ1n) is 5.22. The predicted molar refractivity (Wildman–Crippen MR) is 50.1 cm³/mol. The Morgan fingerprint density at radius 3 is 2.75 bits per heavy atom. The number of nitrogens with one attached hydrogen (secondary N) is 1. The van der Waals surface area contributed by atoms with Gasteiger partial charge in [-0.05, 0) is 25.8 Å². The van der Waals surface area contributed by atoms with Gasteiger partial charge in [0.05, 0.1) is 0 Å². The molecule has 1 aliphatic carbocycles. The summed E-state index contributed by atoms with van der Waals surface area (Å²) in [5.74, 6) is 0. The summed E-state index contributed by atoms with van der Waals surface area (Å²) in [4.78, 5) is 0. The maximum atomic E-state index is 13.2. The molecule has 1 rings (SSSR count). The van der Waals surface area contributed by atoms with Gasteiger partial charge in [-0.3, -0.25) is 0 Å². The quantitative estimate of drug-likeness (QED) is 0.644. The highest BCUT2D eigenvalue weighted by Gasteiger charge is 2.23. The third kappa shape index (κ3) is 3.10. The summed E-state index contributed by atoms with van der Waals surface area (Å²) in [6.07, 6.45) is 5.85. The molecule has 0 spiro atoms. The van der Waals surface area contributed by atoms with E-state index in [4.69, 9.17) is 0 Å². The summed E-state index contributed by atoms with van der Waals surface area (Å²) in [6, 6.07) is 0.158. The van der Waals surface area contributed by atoms with Gasteiger partial charge in [-0.2, -0.15) is 0 Å². The Labute approximate surface area is 74.7 Å². The highest BCUT2D eigenvalue weighted by molar-refractivity contribution is 4.80. The molecule has 0 amide bonds. The molecule has 2 atom stereocenters. The van der Waals surface area contributed by atoms with E-state index in [0.717, 1.165) is 25.8 Å². The van der Waals surface area contributed by atoms with E-state index < -0.39 is 6.17 Å². The van der Waals surface area contributed by atoms with Crippen LogP contribution in [0.4, 0.5) is 4.39 Å². The monoisotopic (exact) mass is 173 g/mol. The number of hydrogen-bond acceptors (Lipinski definition) is 1. The lowest BCUT2D eigenvalue weighted by Crippen LogP contribution is -2.40.